The van der Waals surface area contributed by atoms with Gasteiger partial charge in [-0.05, 0) is 49.3 Å². The van der Waals surface area contributed by atoms with Gasteiger partial charge in [-0.1, -0.05) is 86.2 Å². The number of hydrogen-bond donors (Lipinski definition) is 2. The molecule has 196 valence electrons. The number of fused-ring (bicyclic) bond motifs is 2. The van der Waals surface area contributed by atoms with E-state index in [2.05, 4.69) is 24.8 Å². The number of hydrogen-bond acceptors (Lipinski definition) is 5. The summed E-state index contributed by atoms with van der Waals surface area (Å²) in [6.07, 6.45) is 5.99. The van der Waals surface area contributed by atoms with Crippen molar-refractivity contribution in [1.29, 1.82) is 0 Å². The number of carbonyl (C=O) groups is 1. The highest BCUT2D eigenvalue weighted by atomic mass is 16.6. The lowest BCUT2D eigenvalue weighted by Crippen LogP contribution is -2.56. The molecule has 0 bridgehead atoms. The van der Waals surface area contributed by atoms with Crippen molar-refractivity contribution in [2.24, 2.45) is 23.2 Å². The fraction of sp³-hybridized carbons (Fsp3) is 0.531. The number of aliphatic hydroxyl groups is 2. The molecule has 7 unspecified atom stereocenters. The average Bonchev–Trinajstić information content (AvgIpc) is 3.51. The van der Waals surface area contributed by atoms with Crippen LogP contribution in [0, 0.1) is 23.2 Å². The Morgan fingerprint density at radius 1 is 1.05 bits per heavy atom. The summed E-state index contributed by atoms with van der Waals surface area (Å²) >= 11 is 0. The summed E-state index contributed by atoms with van der Waals surface area (Å²) < 4.78 is 5.95. The first-order chi connectivity index (χ1) is 17.8. The molecule has 0 radical (unpaired) electrons. The molecule has 37 heavy (non-hydrogen) atoms. The fourth-order valence-electron chi connectivity index (χ4n) is 7.98. The molecule has 0 amide bonds. The first-order valence-electron chi connectivity index (χ1n) is 14.0. The van der Waals surface area contributed by atoms with Crippen LogP contribution in [0.3, 0.4) is 0 Å². The minimum atomic E-state index is -1.20. The second-order valence-electron chi connectivity index (χ2n) is 11.9. The SMILES string of the molecule is CC1CCC=C2CC3OC(=O)C(CN4CCCC4C(O)(c4ccccc4)c4ccccc4)C3C(O)C21C. The zero-order valence-electron chi connectivity index (χ0n) is 21.9. The maximum absolute atomic E-state index is 13.3. The van der Waals surface area contributed by atoms with E-state index in [1.807, 2.05) is 60.7 Å². The molecule has 2 aromatic carbocycles. The summed E-state index contributed by atoms with van der Waals surface area (Å²) in [6, 6.07) is 19.6. The number of esters is 1. The third kappa shape index (κ3) is 3.81. The van der Waals surface area contributed by atoms with Crippen molar-refractivity contribution in [2.45, 2.75) is 69.8 Å². The van der Waals surface area contributed by atoms with Crippen molar-refractivity contribution in [2.75, 3.05) is 13.1 Å². The molecule has 2 saturated heterocycles. The molecule has 4 aliphatic rings. The Kier molecular flexibility index (Phi) is 6.29. The monoisotopic (exact) mass is 501 g/mol. The Labute approximate surface area is 220 Å². The smallest absolute Gasteiger partial charge is 0.311 e. The van der Waals surface area contributed by atoms with Gasteiger partial charge >= 0.3 is 5.97 Å². The number of nitrogens with zero attached hydrogens (tertiary/aromatic N) is 1. The molecule has 2 aliphatic heterocycles. The zero-order chi connectivity index (χ0) is 25.8. The van der Waals surface area contributed by atoms with E-state index in [0.29, 0.717) is 12.5 Å². The molecule has 2 heterocycles. The molecule has 2 aromatic rings. The summed E-state index contributed by atoms with van der Waals surface area (Å²) in [5, 5.41) is 24.3. The quantitative estimate of drug-likeness (QED) is 0.460. The Balaban J connectivity index is 1.33. The molecule has 5 heteroatoms. The molecule has 1 saturated carbocycles. The van der Waals surface area contributed by atoms with Gasteiger partial charge in [0.15, 0.2) is 0 Å². The Bertz CT molecular complexity index is 1120. The molecule has 2 N–H and O–H groups in total. The third-order valence-corrected chi connectivity index (χ3v) is 10.3. The van der Waals surface area contributed by atoms with Gasteiger partial charge in [-0.3, -0.25) is 9.69 Å². The molecule has 5 nitrogen and oxygen atoms in total. The van der Waals surface area contributed by atoms with Gasteiger partial charge in [0.2, 0.25) is 0 Å². The number of likely N-dealkylation sites (tertiary alicyclic amines) is 1. The maximum atomic E-state index is 13.3. The lowest BCUT2D eigenvalue weighted by molar-refractivity contribution is -0.145. The number of ether oxygens (including phenoxy) is 1. The predicted molar refractivity (Wildman–Crippen MR) is 143 cm³/mol. The molecule has 2 aliphatic carbocycles. The van der Waals surface area contributed by atoms with Gasteiger partial charge in [-0.25, -0.2) is 0 Å². The van der Waals surface area contributed by atoms with E-state index in [1.54, 1.807) is 0 Å². The third-order valence-electron chi connectivity index (χ3n) is 10.3. The molecule has 3 fully saturated rings. The summed E-state index contributed by atoms with van der Waals surface area (Å²) in [7, 11) is 0. The number of benzene rings is 2. The van der Waals surface area contributed by atoms with Gasteiger partial charge in [0, 0.05) is 30.3 Å². The number of carbonyl (C=O) groups excluding carboxylic acids is 1. The van der Waals surface area contributed by atoms with Crippen LogP contribution in [0.2, 0.25) is 0 Å². The van der Waals surface area contributed by atoms with Gasteiger partial charge in [-0.15, -0.1) is 0 Å². The molecule has 0 aromatic heterocycles. The van der Waals surface area contributed by atoms with Crippen LogP contribution in [0.25, 0.3) is 0 Å². The van der Waals surface area contributed by atoms with Crippen molar-refractivity contribution < 1.29 is 19.7 Å². The molecule has 7 atom stereocenters. The van der Waals surface area contributed by atoms with E-state index in [-0.39, 0.29) is 29.4 Å². The van der Waals surface area contributed by atoms with Crippen LogP contribution in [0.1, 0.15) is 57.1 Å². The zero-order valence-corrected chi connectivity index (χ0v) is 21.9. The standard InChI is InChI=1S/C32H39NO4/c1-21-11-9-16-24-19-26-28(29(34)31(21,24)2)25(30(35)37-26)20-33-18-10-17-27(33)32(36,22-12-5-3-6-13-22)23-14-7-4-8-15-23/h3-8,12-16,21,25-29,34,36H,9-11,17-20H2,1-2H3. The highest BCUT2D eigenvalue weighted by molar-refractivity contribution is 5.76. The second-order valence-corrected chi connectivity index (χ2v) is 11.9. The number of aliphatic hydroxyl groups excluding tert-OH is 1. The number of allylic oxidation sites excluding steroid dienone is 1. The lowest BCUT2D eigenvalue weighted by atomic mass is 9.55. The summed E-state index contributed by atoms with van der Waals surface area (Å²) in [6.45, 7) is 5.72. The Hall–Kier alpha value is -2.47. The van der Waals surface area contributed by atoms with E-state index in [1.165, 1.54) is 5.57 Å². The summed E-state index contributed by atoms with van der Waals surface area (Å²) in [5.41, 5.74) is 1.47. The first kappa shape index (κ1) is 24.8. The lowest BCUT2D eigenvalue weighted by Gasteiger charge is -2.52. The van der Waals surface area contributed by atoms with E-state index in [9.17, 15) is 15.0 Å². The van der Waals surface area contributed by atoms with Crippen LogP contribution in [0.4, 0.5) is 0 Å². The number of rotatable bonds is 5. The molecular weight excluding hydrogens is 462 g/mol. The second kappa shape index (κ2) is 9.37. The Morgan fingerprint density at radius 2 is 1.70 bits per heavy atom. The largest absolute Gasteiger partial charge is 0.461 e. The minimum Gasteiger partial charge on any atom is -0.461 e. The van der Waals surface area contributed by atoms with Crippen molar-refractivity contribution in [1.82, 2.24) is 4.90 Å². The van der Waals surface area contributed by atoms with Gasteiger partial charge in [0.1, 0.15) is 11.7 Å². The summed E-state index contributed by atoms with van der Waals surface area (Å²) in [4.78, 5) is 15.6. The van der Waals surface area contributed by atoms with Crippen LogP contribution < -0.4 is 0 Å². The minimum absolute atomic E-state index is 0.176. The molecule has 0 spiro atoms. The van der Waals surface area contributed by atoms with Gasteiger partial charge in [-0.2, -0.15) is 0 Å². The fourth-order valence-corrected chi connectivity index (χ4v) is 7.98. The van der Waals surface area contributed by atoms with Crippen LogP contribution in [-0.4, -0.2) is 52.4 Å². The van der Waals surface area contributed by atoms with Gasteiger partial charge < -0.3 is 14.9 Å². The topological polar surface area (TPSA) is 70.0 Å². The van der Waals surface area contributed by atoms with Crippen molar-refractivity contribution in [3.05, 3.63) is 83.4 Å². The summed E-state index contributed by atoms with van der Waals surface area (Å²) in [5.74, 6) is -0.458. The highest BCUT2D eigenvalue weighted by Gasteiger charge is 2.60. The van der Waals surface area contributed by atoms with Crippen molar-refractivity contribution in [3.63, 3.8) is 0 Å². The van der Waals surface area contributed by atoms with Gasteiger partial charge in [0.25, 0.3) is 0 Å². The molecule has 6 rings (SSSR count). The van der Waals surface area contributed by atoms with Crippen molar-refractivity contribution in [3.8, 4) is 0 Å². The van der Waals surface area contributed by atoms with E-state index >= 15 is 0 Å². The van der Waals surface area contributed by atoms with Crippen LogP contribution >= 0.6 is 0 Å². The predicted octanol–water partition coefficient (Wildman–Crippen LogP) is 4.67. The highest BCUT2D eigenvalue weighted by Crippen LogP contribution is 2.56. The van der Waals surface area contributed by atoms with Crippen LogP contribution in [-0.2, 0) is 15.1 Å². The van der Waals surface area contributed by atoms with E-state index in [4.69, 9.17) is 4.74 Å². The van der Waals surface area contributed by atoms with Crippen molar-refractivity contribution >= 4 is 5.97 Å². The van der Waals surface area contributed by atoms with E-state index in [0.717, 1.165) is 49.8 Å². The Morgan fingerprint density at radius 3 is 2.35 bits per heavy atom. The van der Waals surface area contributed by atoms with Gasteiger partial charge in [0.05, 0.1) is 12.0 Å². The maximum Gasteiger partial charge on any atom is 0.311 e. The normalized spacial score (nSPS) is 36.0. The average molecular weight is 502 g/mol. The first-order valence-corrected chi connectivity index (χ1v) is 14.0. The van der Waals surface area contributed by atoms with Crippen LogP contribution in [0.15, 0.2) is 72.3 Å². The van der Waals surface area contributed by atoms with Crippen LogP contribution in [0.5, 0.6) is 0 Å². The van der Waals surface area contributed by atoms with E-state index < -0.39 is 17.6 Å². The molecular formula is C32H39NO4.